The number of hydrogen-bond acceptors (Lipinski definition) is 4. The van der Waals surface area contributed by atoms with Crippen molar-refractivity contribution in [2.24, 2.45) is 0 Å². The molecular formula is C17H16FN5O. The first-order valence-electron chi connectivity index (χ1n) is 7.80. The van der Waals surface area contributed by atoms with Crippen molar-refractivity contribution in [1.82, 2.24) is 20.1 Å². The van der Waals surface area contributed by atoms with Crippen LogP contribution in [0.5, 0.6) is 0 Å². The van der Waals surface area contributed by atoms with Gasteiger partial charge in [0.1, 0.15) is 5.82 Å². The molecule has 0 aliphatic carbocycles. The minimum atomic E-state index is -0.289. The van der Waals surface area contributed by atoms with Crippen molar-refractivity contribution in [3.63, 3.8) is 0 Å². The zero-order valence-corrected chi connectivity index (χ0v) is 12.9. The molecule has 0 unspecified atom stereocenters. The van der Waals surface area contributed by atoms with E-state index < -0.39 is 0 Å². The molecule has 122 valence electrons. The van der Waals surface area contributed by atoms with E-state index >= 15 is 0 Å². The zero-order valence-electron chi connectivity index (χ0n) is 12.9. The Bertz CT molecular complexity index is 950. The standard InChI is InChI=1S/C17H16FN5O/c18-12-5-2-1-4-10(12)9-23-16-11(8-21-23)15(19)14-13(22-16)6-3-7-20-17(14)24/h1-2,4-5,8H,3,6-7,9H2,(H2,19,22)(H,20,24). The van der Waals surface area contributed by atoms with Gasteiger partial charge in [-0.2, -0.15) is 5.10 Å². The maximum Gasteiger partial charge on any atom is 0.255 e. The van der Waals surface area contributed by atoms with Gasteiger partial charge in [0.15, 0.2) is 5.65 Å². The number of nitrogen functional groups attached to an aromatic ring is 1. The highest BCUT2D eigenvalue weighted by Gasteiger charge is 2.23. The molecule has 1 aliphatic rings. The predicted octanol–water partition coefficient (Wildman–Crippen LogP) is 1.88. The summed E-state index contributed by atoms with van der Waals surface area (Å²) < 4.78 is 15.5. The number of nitrogens with zero attached hydrogens (tertiary/aromatic N) is 3. The van der Waals surface area contributed by atoms with Gasteiger partial charge in [0.05, 0.1) is 35.1 Å². The number of nitrogens with two attached hydrogens (primary N) is 1. The molecular weight excluding hydrogens is 309 g/mol. The first-order chi connectivity index (χ1) is 11.6. The predicted molar refractivity (Wildman–Crippen MR) is 88.1 cm³/mol. The van der Waals surface area contributed by atoms with Crippen LogP contribution in [-0.2, 0) is 13.0 Å². The molecule has 0 bridgehead atoms. The Labute approximate surface area is 137 Å². The smallest absolute Gasteiger partial charge is 0.255 e. The summed E-state index contributed by atoms with van der Waals surface area (Å²) in [5.74, 6) is -0.487. The van der Waals surface area contributed by atoms with Gasteiger partial charge in [0.2, 0.25) is 0 Å². The number of aromatic nitrogens is 3. The number of benzene rings is 1. The molecule has 0 atom stereocenters. The second-order valence-corrected chi connectivity index (χ2v) is 5.84. The number of anilines is 1. The van der Waals surface area contributed by atoms with Gasteiger partial charge in [-0.05, 0) is 18.9 Å². The topological polar surface area (TPSA) is 85.8 Å². The second-order valence-electron chi connectivity index (χ2n) is 5.84. The molecule has 1 aromatic carbocycles. The first-order valence-corrected chi connectivity index (χ1v) is 7.80. The molecule has 0 saturated carbocycles. The maximum atomic E-state index is 13.9. The van der Waals surface area contributed by atoms with E-state index in [1.165, 1.54) is 6.07 Å². The Morgan fingerprint density at radius 1 is 1.33 bits per heavy atom. The molecule has 1 aliphatic heterocycles. The summed E-state index contributed by atoms with van der Waals surface area (Å²) in [5, 5.41) is 7.73. The zero-order chi connectivity index (χ0) is 16.7. The third-order valence-electron chi connectivity index (χ3n) is 4.28. The van der Waals surface area contributed by atoms with Crippen LogP contribution in [0, 0.1) is 5.82 Å². The van der Waals surface area contributed by atoms with E-state index in [0.29, 0.717) is 46.5 Å². The number of hydrogen-bond donors (Lipinski definition) is 2. The minimum Gasteiger partial charge on any atom is -0.397 e. The van der Waals surface area contributed by atoms with Crippen molar-refractivity contribution in [2.45, 2.75) is 19.4 Å². The number of halogens is 1. The van der Waals surface area contributed by atoms with Crippen LogP contribution in [0.1, 0.15) is 28.0 Å². The lowest BCUT2D eigenvalue weighted by atomic mass is 10.1. The number of pyridine rings is 1. The maximum absolute atomic E-state index is 13.9. The highest BCUT2D eigenvalue weighted by molar-refractivity contribution is 6.07. The molecule has 0 fully saturated rings. The van der Waals surface area contributed by atoms with E-state index in [1.54, 1.807) is 29.1 Å². The molecule has 3 heterocycles. The molecule has 3 aromatic rings. The normalized spacial score (nSPS) is 14.3. The van der Waals surface area contributed by atoms with Gasteiger partial charge < -0.3 is 11.1 Å². The molecule has 7 heteroatoms. The largest absolute Gasteiger partial charge is 0.397 e. The minimum absolute atomic E-state index is 0.198. The number of aryl methyl sites for hydroxylation is 1. The lowest BCUT2D eigenvalue weighted by molar-refractivity contribution is 0.0957. The van der Waals surface area contributed by atoms with Crippen molar-refractivity contribution >= 4 is 22.6 Å². The Morgan fingerprint density at radius 2 is 2.17 bits per heavy atom. The third-order valence-corrected chi connectivity index (χ3v) is 4.28. The fraction of sp³-hybridized carbons (Fsp3) is 0.235. The number of amides is 1. The summed E-state index contributed by atoms with van der Waals surface area (Å²) in [4.78, 5) is 16.8. The van der Waals surface area contributed by atoms with Crippen LogP contribution < -0.4 is 11.1 Å². The number of rotatable bonds is 2. The molecule has 0 saturated heterocycles. The van der Waals surface area contributed by atoms with E-state index in [-0.39, 0.29) is 18.3 Å². The monoisotopic (exact) mass is 325 g/mol. The van der Waals surface area contributed by atoms with Crippen molar-refractivity contribution < 1.29 is 9.18 Å². The fourth-order valence-corrected chi connectivity index (χ4v) is 3.04. The van der Waals surface area contributed by atoms with Gasteiger partial charge in [-0.1, -0.05) is 18.2 Å². The molecule has 2 aromatic heterocycles. The highest BCUT2D eigenvalue weighted by Crippen LogP contribution is 2.28. The summed E-state index contributed by atoms with van der Waals surface area (Å²) in [7, 11) is 0. The van der Waals surface area contributed by atoms with Crippen LogP contribution in [0.25, 0.3) is 11.0 Å². The Morgan fingerprint density at radius 3 is 3.00 bits per heavy atom. The first kappa shape index (κ1) is 14.6. The summed E-state index contributed by atoms with van der Waals surface area (Å²) in [6.07, 6.45) is 3.05. The fourth-order valence-electron chi connectivity index (χ4n) is 3.04. The quantitative estimate of drug-likeness (QED) is 0.753. The molecule has 0 spiro atoms. The SMILES string of the molecule is Nc1c2c(nc3c1cnn3Cc1ccccc1F)CCCNC2=O. The van der Waals surface area contributed by atoms with Gasteiger partial charge in [-0.15, -0.1) is 0 Å². The van der Waals surface area contributed by atoms with Gasteiger partial charge in [-0.25, -0.2) is 14.1 Å². The Hall–Kier alpha value is -2.96. The van der Waals surface area contributed by atoms with Crippen LogP contribution in [0.4, 0.5) is 10.1 Å². The van der Waals surface area contributed by atoms with E-state index in [4.69, 9.17) is 5.73 Å². The van der Waals surface area contributed by atoms with E-state index in [9.17, 15) is 9.18 Å². The van der Waals surface area contributed by atoms with Crippen LogP contribution in [0.2, 0.25) is 0 Å². The van der Waals surface area contributed by atoms with Crippen molar-refractivity contribution in [3.8, 4) is 0 Å². The van der Waals surface area contributed by atoms with Gasteiger partial charge in [0, 0.05) is 12.1 Å². The van der Waals surface area contributed by atoms with Crippen molar-refractivity contribution in [2.75, 3.05) is 12.3 Å². The lowest BCUT2D eigenvalue weighted by Gasteiger charge is -2.10. The van der Waals surface area contributed by atoms with Crippen LogP contribution in [0.3, 0.4) is 0 Å². The number of fused-ring (bicyclic) bond motifs is 2. The van der Waals surface area contributed by atoms with Crippen LogP contribution >= 0.6 is 0 Å². The van der Waals surface area contributed by atoms with Gasteiger partial charge >= 0.3 is 0 Å². The Kier molecular flexibility index (Phi) is 3.41. The molecule has 24 heavy (non-hydrogen) atoms. The van der Waals surface area contributed by atoms with E-state index in [2.05, 4.69) is 15.4 Å². The third kappa shape index (κ3) is 2.29. The van der Waals surface area contributed by atoms with Crippen LogP contribution in [0.15, 0.2) is 30.5 Å². The second kappa shape index (κ2) is 5.59. The molecule has 4 rings (SSSR count). The molecule has 0 radical (unpaired) electrons. The molecule has 3 N–H and O–H groups in total. The van der Waals surface area contributed by atoms with Crippen molar-refractivity contribution in [3.05, 3.63) is 53.1 Å². The number of carbonyl (C=O) groups excluding carboxylic acids is 1. The number of nitrogens with one attached hydrogen (secondary N) is 1. The van der Waals surface area contributed by atoms with Crippen molar-refractivity contribution in [1.29, 1.82) is 0 Å². The lowest BCUT2D eigenvalue weighted by Crippen LogP contribution is -2.24. The summed E-state index contributed by atoms with van der Waals surface area (Å²) in [6, 6.07) is 6.55. The Balaban J connectivity index is 1.85. The van der Waals surface area contributed by atoms with E-state index in [1.807, 2.05) is 0 Å². The molecule has 6 nitrogen and oxygen atoms in total. The van der Waals surface area contributed by atoms with Gasteiger partial charge in [0.25, 0.3) is 5.91 Å². The number of carbonyl (C=O) groups is 1. The molecule has 1 amide bonds. The average Bonchev–Trinajstić information content (AvgIpc) is 2.86. The van der Waals surface area contributed by atoms with Crippen LogP contribution in [-0.4, -0.2) is 27.2 Å². The summed E-state index contributed by atoms with van der Waals surface area (Å²) >= 11 is 0. The highest BCUT2D eigenvalue weighted by atomic mass is 19.1. The average molecular weight is 325 g/mol. The van der Waals surface area contributed by atoms with Gasteiger partial charge in [-0.3, -0.25) is 4.79 Å². The summed E-state index contributed by atoms with van der Waals surface area (Å²) in [6.45, 7) is 0.861. The van der Waals surface area contributed by atoms with E-state index in [0.717, 1.165) is 6.42 Å². The summed E-state index contributed by atoms with van der Waals surface area (Å²) in [5.41, 5.74) is 8.80.